The lowest BCUT2D eigenvalue weighted by atomic mass is 9.69. The van der Waals surface area contributed by atoms with E-state index >= 15 is 0 Å². The van der Waals surface area contributed by atoms with Gasteiger partial charge in [-0.3, -0.25) is 9.78 Å². The quantitative estimate of drug-likeness (QED) is 0.659. The van der Waals surface area contributed by atoms with Gasteiger partial charge < -0.3 is 5.32 Å². The average Bonchev–Trinajstić information content (AvgIpc) is 2.75. The zero-order valence-corrected chi connectivity index (χ0v) is 17.0. The number of carbonyl (C=O) groups is 1. The first kappa shape index (κ1) is 19.5. The van der Waals surface area contributed by atoms with E-state index in [0.717, 1.165) is 48.3 Å². The summed E-state index contributed by atoms with van der Waals surface area (Å²) in [6.45, 7) is 3.95. The SMILES string of the molecule is Cc1cc(-c2ccc(CC(=O)CC3(c4ccccc4)CCNCC3)cc2)ccn1. The summed E-state index contributed by atoms with van der Waals surface area (Å²) in [6, 6.07) is 23.1. The van der Waals surface area contributed by atoms with Gasteiger partial charge in [0.1, 0.15) is 5.78 Å². The maximum atomic E-state index is 13.0. The van der Waals surface area contributed by atoms with Gasteiger partial charge in [0.05, 0.1) is 0 Å². The molecule has 1 aliphatic rings. The second-order valence-electron chi connectivity index (χ2n) is 8.17. The van der Waals surface area contributed by atoms with Crippen LogP contribution in [0.1, 0.15) is 36.1 Å². The molecule has 0 unspecified atom stereocenters. The van der Waals surface area contributed by atoms with Crippen LogP contribution in [0.5, 0.6) is 0 Å². The van der Waals surface area contributed by atoms with Crippen LogP contribution in [0.25, 0.3) is 11.1 Å². The summed E-state index contributed by atoms with van der Waals surface area (Å²) in [5.74, 6) is 0.322. The van der Waals surface area contributed by atoms with Crippen LogP contribution in [-0.4, -0.2) is 23.9 Å². The number of rotatable bonds is 6. The first-order valence-corrected chi connectivity index (χ1v) is 10.4. The van der Waals surface area contributed by atoms with Gasteiger partial charge in [-0.1, -0.05) is 54.6 Å². The Bertz CT molecular complexity index is 958. The number of hydrogen-bond acceptors (Lipinski definition) is 3. The lowest BCUT2D eigenvalue weighted by Gasteiger charge is -2.38. The van der Waals surface area contributed by atoms with Crippen molar-refractivity contribution in [2.45, 2.75) is 38.0 Å². The highest BCUT2D eigenvalue weighted by Gasteiger charge is 2.35. The normalized spacial score (nSPS) is 15.8. The van der Waals surface area contributed by atoms with Crippen LogP contribution >= 0.6 is 0 Å². The third-order valence-corrected chi connectivity index (χ3v) is 6.07. The number of aromatic nitrogens is 1. The van der Waals surface area contributed by atoms with Gasteiger partial charge >= 0.3 is 0 Å². The highest BCUT2D eigenvalue weighted by atomic mass is 16.1. The molecule has 0 radical (unpaired) electrons. The molecular formula is C26H28N2O. The second-order valence-corrected chi connectivity index (χ2v) is 8.17. The Morgan fingerprint density at radius 2 is 1.69 bits per heavy atom. The molecule has 1 N–H and O–H groups in total. The summed E-state index contributed by atoms with van der Waals surface area (Å²) in [5.41, 5.74) is 5.69. The molecule has 29 heavy (non-hydrogen) atoms. The molecule has 0 saturated carbocycles. The zero-order valence-electron chi connectivity index (χ0n) is 17.0. The van der Waals surface area contributed by atoms with E-state index in [-0.39, 0.29) is 5.41 Å². The molecule has 0 spiro atoms. The molecule has 3 nitrogen and oxygen atoms in total. The van der Waals surface area contributed by atoms with Gasteiger partial charge in [-0.2, -0.15) is 0 Å². The number of aryl methyl sites for hydroxylation is 1. The standard InChI is InChI=1S/C26H28N2O/c1-20-17-23(11-14-28-20)22-9-7-21(8-10-22)18-25(29)19-26(12-15-27-16-13-26)24-5-3-2-4-6-24/h2-11,14,17,27H,12-13,15-16,18-19H2,1H3. The van der Waals surface area contributed by atoms with Crippen molar-refractivity contribution < 1.29 is 4.79 Å². The van der Waals surface area contributed by atoms with Crippen molar-refractivity contribution in [2.75, 3.05) is 13.1 Å². The van der Waals surface area contributed by atoms with Gasteiger partial charge in [0.2, 0.25) is 0 Å². The third-order valence-electron chi connectivity index (χ3n) is 6.07. The predicted octanol–water partition coefficient (Wildman–Crippen LogP) is 4.88. The Balaban J connectivity index is 1.47. The third kappa shape index (κ3) is 4.63. The molecule has 3 heteroatoms. The molecule has 1 fully saturated rings. The number of nitrogens with one attached hydrogen (secondary N) is 1. The van der Waals surface area contributed by atoms with Crippen LogP contribution in [0.4, 0.5) is 0 Å². The highest BCUT2D eigenvalue weighted by Crippen LogP contribution is 2.37. The summed E-state index contributed by atoms with van der Waals surface area (Å²) >= 11 is 0. The summed E-state index contributed by atoms with van der Waals surface area (Å²) in [4.78, 5) is 17.3. The van der Waals surface area contributed by atoms with Crippen molar-refractivity contribution in [3.05, 3.63) is 89.7 Å². The number of ketones is 1. The minimum absolute atomic E-state index is 0.0297. The lowest BCUT2D eigenvalue weighted by Crippen LogP contribution is -2.41. The molecule has 0 aliphatic carbocycles. The summed E-state index contributed by atoms with van der Waals surface area (Å²) in [5, 5.41) is 3.44. The molecular weight excluding hydrogens is 356 g/mol. The Hall–Kier alpha value is -2.78. The Morgan fingerprint density at radius 1 is 0.966 bits per heavy atom. The number of hydrogen-bond donors (Lipinski definition) is 1. The number of nitrogens with zero attached hydrogens (tertiary/aromatic N) is 1. The fraction of sp³-hybridized carbons (Fsp3) is 0.308. The number of Topliss-reactive ketones (excluding diaryl/α,β-unsaturated/α-hetero) is 1. The summed E-state index contributed by atoms with van der Waals surface area (Å²) < 4.78 is 0. The van der Waals surface area contributed by atoms with Crippen molar-refractivity contribution in [2.24, 2.45) is 0 Å². The first-order valence-electron chi connectivity index (χ1n) is 10.4. The molecule has 2 aromatic carbocycles. The van der Waals surface area contributed by atoms with E-state index in [0.29, 0.717) is 18.6 Å². The Kier molecular flexibility index (Phi) is 5.86. The van der Waals surface area contributed by atoms with Gasteiger partial charge in [0.15, 0.2) is 0 Å². The molecule has 1 aromatic heterocycles. The monoisotopic (exact) mass is 384 g/mol. The highest BCUT2D eigenvalue weighted by molar-refractivity contribution is 5.82. The van der Waals surface area contributed by atoms with Gasteiger partial charge in [0, 0.05) is 30.1 Å². The van der Waals surface area contributed by atoms with Gasteiger partial charge in [-0.25, -0.2) is 0 Å². The molecule has 0 bridgehead atoms. The summed E-state index contributed by atoms with van der Waals surface area (Å²) in [7, 11) is 0. The smallest absolute Gasteiger partial charge is 0.138 e. The number of pyridine rings is 1. The molecule has 2 heterocycles. The molecule has 148 valence electrons. The number of carbonyl (C=O) groups excluding carboxylic acids is 1. The van der Waals surface area contributed by atoms with E-state index in [9.17, 15) is 4.79 Å². The van der Waals surface area contributed by atoms with Crippen LogP contribution < -0.4 is 5.32 Å². The fourth-order valence-electron chi connectivity index (χ4n) is 4.47. The van der Waals surface area contributed by atoms with Crippen LogP contribution in [0.2, 0.25) is 0 Å². The van der Waals surface area contributed by atoms with Crippen LogP contribution in [-0.2, 0) is 16.6 Å². The average molecular weight is 385 g/mol. The van der Waals surface area contributed by atoms with Crippen LogP contribution in [0, 0.1) is 6.92 Å². The minimum Gasteiger partial charge on any atom is -0.317 e. The van der Waals surface area contributed by atoms with Crippen LogP contribution in [0.3, 0.4) is 0 Å². The molecule has 1 saturated heterocycles. The molecule has 3 aromatic rings. The van der Waals surface area contributed by atoms with Crippen molar-refractivity contribution in [3.63, 3.8) is 0 Å². The topological polar surface area (TPSA) is 42.0 Å². The van der Waals surface area contributed by atoms with E-state index < -0.39 is 0 Å². The first-order chi connectivity index (χ1) is 14.1. The van der Waals surface area contributed by atoms with E-state index in [4.69, 9.17) is 0 Å². The van der Waals surface area contributed by atoms with E-state index in [1.54, 1.807) is 0 Å². The van der Waals surface area contributed by atoms with Crippen molar-refractivity contribution >= 4 is 5.78 Å². The van der Waals surface area contributed by atoms with E-state index in [1.807, 2.05) is 25.3 Å². The molecule has 0 atom stereocenters. The van der Waals surface area contributed by atoms with Gasteiger partial charge in [-0.05, 0) is 67.2 Å². The van der Waals surface area contributed by atoms with E-state index in [1.165, 1.54) is 5.56 Å². The maximum absolute atomic E-state index is 13.0. The zero-order chi connectivity index (χ0) is 20.1. The molecule has 1 aliphatic heterocycles. The van der Waals surface area contributed by atoms with E-state index in [2.05, 4.69) is 64.9 Å². The number of piperidine rings is 1. The van der Waals surface area contributed by atoms with Crippen LogP contribution in [0.15, 0.2) is 72.9 Å². The minimum atomic E-state index is -0.0297. The van der Waals surface area contributed by atoms with Crippen molar-refractivity contribution in [1.82, 2.24) is 10.3 Å². The van der Waals surface area contributed by atoms with Crippen molar-refractivity contribution in [3.8, 4) is 11.1 Å². The Morgan fingerprint density at radius 3 is 2.38 bits per heavy atom. The summed E-state index contributed by atoms with van der Waals surface area (Å²) in [6.07, 6.45) is 4.98. The Labute approximate surface area is 173 Å². The maximum Gasteiger partial charge on any atom is 0.138 e. The van der Waals surface area contributed by atoms with Gasteiger partial charge in [-0.15, -0.1) is 0 Å². The second kappa shape index (κ2) is 8.71. The number of benzene rings is 2. The van der Waals surface area contributed by atoms with Gasteiger partial charge in [0.25, 0.3) is 0 Å². The fourth-order valence-corrected chi connectivity index (χ4v) is 4.47. The van der Waals surface area contributed by atoms with Crippen molar-refractivity contribution in [1.29, 1.82) is 0 Å². The predicted molar refractivity (Wildman–Crippen MR) is 118 cm³/mol. The largest absolute Gasteiger partial charge is 0.317 e. The lowest BCUT2D eigenvalue weighted by molar-refractivity contribution is -0.120. The molecule has 4 rings (SSSR count). The molecule has 0 amide bonds.